The number of hydrogen-bond donors (Lipinski definition) is 3. The SMILES string of the molecule is O=C(O)c1cccc(C2(O)CCC(C(=O)O)CC2)c1. The van der Waals surface area contributed by atoms with Crippen molar-refractivity contribution in [1.29, 1.82) is 0 Å². The van der Waals surface area contributed by atoms with E-state index in [1.807, 2.05) is 0 Å². The molecule has 2 rings (SSSR count). The highest BCUT2D eigenvalue weighted by atomic mass is 16.4. The van der Waals surface area contributed by atoms with Crippen LogP contribution in [0.2, 0.25) is 0 Å². The molecule has 5 nitrogen and oxygen atoms in total. The molecule has 0 heterocycles. The third-order valence-corrected chi connectivity index (χ3v) is 3.81. The summed E-state index contributed by atoms with van der Waals surface area (Å²) in [5.74, 6) is -2.28. The second kappa shape index (κ2) is 5.01. The molecule has 0 aliphatic heterocycles. The Morgan fingerprint density at radius 1 is 1.16 bits per heavy atom. The fourth-order valence-electron chi connectivity index (χ4n) is 2.57. The summed E-state index contributed by atoms with van der Waals surface area (Å²) in [5.41, 5.74) is -0.431. The first-order valence-electron chi connectivity index (χ1n) is 6.21. The van der Waals surface area contributed by atoms with Gasteiger partial charge < -0.3 is 15.3 Å². The molecule has 102 valence electrons. The summed E-state index contributed by atoms with van der Waals surface area (Å²) in [6, 6.07) is 6.22. The largest absolute Gasteiger partial charge is 0.481 e. The van der Waals surface area contributed by atoms with Crippen molar-refractivity contribution in [3.63, 3.8) is 0 Å². The van der Waals surface area contributed by atoms with Gasteiger partial charge in [-0.2, -0.15) is 0 Å². The van der Waals surface area contributed by atoms with Crippen molar-refractivity contribution >= 4 is 11.9 Å². The van der Waals surface area contributed by atoms with Gasteiger partial charge in [-0.05, 0) is 43.4 Å². The smallest absolute Gasteiger partial charge is 0.335 e. The van der Waals surface area contributed by atoms with E-state index < -0.39 is 23.5 Å². The monoisotopic (exact) mass is 264 g/mol. The molecule has 0 saturated heterocycles. The maximum Gasteiger partial charge on any atom is 0.335 e. The highest BCUT2D eigenvalue weighted by Gasteiger charge is 2.37. The molecule has 1 fully saturated rings. The van der Waals surface area contributed by atoms with Crippen molar-refractivity contribution in [2.45, 2.75) is 31.3 Å². The molecular weight excluding hydrogens is 248 g/mol. The number of carboxylic acids is 2. The van der Waals surface area contributed by atoms with Crippen molar-refractivity contribution < 1.29 is 24.9 Å². The van der Waals surface area contributed by atoms with Gasteiger partial charge in [-0.15, -0.1) is 0 Å². The molecule has 0 unspecified atom stereocenters. The lowest BCUT2D eigenvalue weighted by Gasteiger charge is -2.35. The molecule has 0 atom stereocenters. The van der Waals surface area contributed by atoms with Gasteiger partial charge >= 0.3 is 11.9 Å². The van der Waals surface area contributed by atoms with Crippen LogP contribution in [0.1, 0.15) is 41.6 Å². The van der Waals surface area contributed by atoms with Crippen molar-refractivity contribution in [1.82, 2.24) is 0 Å². The molecular formula is C14H16O5. The normalized spacial score (nSPS) is 26.9. The van der Waals surface area contributed by atoms with Crippen molar-refractivity contribution in [3.05, 3.63) is 35.4 Å². The second-order valence-electron chi connectivity index (χ2n) is 5.03. The average molecular weight is 264 g/mol. The summed E-state index contributed by atoms with van der Waals surface area (Å²) in [6.07, 6.45) is 1.49. The van der Waals surface area contributed by atoms with E-state index in [-0.39, 0.29) is 5.56 Å². The second-order valence-corrected chi connectivity index (χ2v) is 5.03. The zero-order chi connectivity index (χ0) is 14.0. The van der Waals surface area contributed by atoms with Crippen molar-refractivity contribution in [2.75, 3.05) is 0 Å². The summed E-state index contributed by atoms with van der Waals surface area (Å²) in [6.45, 7) is 0. The Morgan fingerprint density at radius 3 is 2.32 bits per heavy atom. The Balaban J connectivity index is 2.20. The summed E-state index contributed by atoms with van der Waals surface area (Å²) in [7, 11) is 0. The van der Waals surface area contributed by atoms with Gasteiger partial charge in [-0.3, -0.25) is 4.79 Å². The summed E-state index contributed by atoms with van der Waals surface area (Å²) in [4.78, 5) is 21.8. The van der Waals surface area contributed by atoms with E-state index in [4.69, 9.17) is 10.2 Å². The minimum atomic E-state index is -1.11. The highest BCUT2D eigenvalue weighted by Crippen LogP contribution is 2.39. The van der Waals surface area contributed by atoms with Crippen LogP contribution in [0.3, 0.4) is 0 Å². The predicted molar refractivity (Wildman–Crippen MR) is 66.9 cm³/mol. The van der Waals surface area contributed by atoms with E-state index in [9.17, 15) is 14.7 Å². The van der Waals surface area contributed by atoms with Gasteiger partial charge in [0, 0.05) is 0 Å². The van der Waals surface area contributed by atoms with Gasteiger partial charge in [-0.25, -0.2) is 4.79 Å². The predicted octanol–water partition coefficient (Wildman–Crippen LogP) is 1.85. The number of carbonyl (C=O) groups is 2. The Hall–Kier alpha value is -1.88. The molecule has 1 aromatic carbocycles. The molecule has 1 aliphatic carbocycles. The molecule has 1 aliphatic rings. The van der Waals surface area contributed by atoms with Crippen molar-refractivity contribution in [3.8, 4) is 0 Å². The van der Waals surface area contributed by atoms with E-state index in [1.54, 1.807) is 12.1 Å². The highest BCUT2D eigenvalue weighted by molar-refractivity contribution is 5.87. The van der Waals surface area contributed by atoms with Crippen molar-refractivity contribution in [2.24, 2.45) is 5.92 Å². The topological polar surface area (TPSA) is 94.8 Å². The number of aliphatic carboxylic acids is 1. The number of aromatic carboxylic acids is 1. The first kappa shape index (κ1) is 13.5. The van der Waals surface area contributed by atoms with Gasteiger partial charge in [0.1, 0.15) is 0 Å². The van der Waals surface area contributed by atoms with Crippen LogP contribution >= 0.6 is 0 Å². The molecule has 1 saturated carbocycles. The molecule has 0 spiro atoms. The van der Waals surface area contributed by atoms with Crippen LogP contribution in [0.25, 0.3) is 0 Å². The van der Waals surface area contributed by atoms with Crippen LogP contribution in [0.15, 0.2) is 24.3 Å². The Bertz CT molecular complexity index is 500. The quantitative estimate of drug-likeness (QED) is 0.774. The number of benzene rings is 1. The number of hydrogen-bond acceptors (Lipinski definition) is 3. The van der Waals surface area contributed by atoms with Gasteiger partial charge in [0.25, 0.3) is 0 Å². The fourth-order valence-corrected chi connectivity index (χ4v) is 2.57. The van der Waals surface area contributed by atoms with Crippen LogP contribution in [-0.2, 0) is 10.4 Å². The summed E-state index contributed by atoms with van der Waals surface area (Å²) < 4.78 is 0. The zero-order valence-electron chi connectivity index (χ0n) is 10.4. The first-order valence-corrected chi connectivity index (χ1v) is 6.21. The van der Waals surface area contributed by atoms with E-state index in [0.29, 0.717) is 31.2 Å². The van der Waals surface area contributed by atoms with Crippen LogP contribution in [0, 0.1) is 5.92 Å². The lowest BCUT2D eigenvalue weighted by Crippen LogP contribution is -2.34. The van der Waals surface area contributed by atoms with Crippen LogP contribution < -0.4 is 0 Å². The molecule has 19 heavy (non-hydrogen) atoms. The Labute approximate surface area is 110 Å². The van der Waals surface area contributed by atoms with Crippen LogP contribution in [0.4, 0.5) is 0 Å². The van der Waals surface area contributed by atoms with Crippen LogP contribution in [0.5, 0.6) is 0 Å². The Kier molecular flexibility index (Phi) is 3.57. The van der Waals surface area contributed by atoms with E-state index in [0.717, 1.165) is 0 Å². The van der Waals surface area contributed by atoms with Gasteiger partial charge in [0.15, 0.2) is 0 Å². The van der Waals surface area contributed by atoms with Crippen LogP contribution in [-0.4, -0.2) is 27.3 Å². The van der Waals surface area contributed by atoms with E-state index in [2.05, 4.69) is 0 Å². The fraction of sp³-hybridized carbons (Fsp3) is 0.429. The standard InChI is InChI=1S/C14H16O5/c15-12(16)9-4-6-14(19,7-5-9)11-3-1-2-10(8-11)13(17)18/h1-3,8-9,19H,4-7H2,(H,15,16)(H,17,18). The number of aliphatic hydroxyl groups is 1. The zero-order valence-corrected chi connectivity index (χ0v) is 10.4. The average Bonchev–Trinajstić information content (AvgIpc) is 2.39. The lowest BCUT2D eigenvalue weighted by molar-refractivity contribution is -0.145. The van der Waals surface area contributed by atoms with Gasteiger partial charge in [-0.1, -0.05) is 12.1 Å². The molecule has 0 aromatic heterocycles. The van der Waals surface area contributed by atoms with E-state index >= 15 is 0 Å². The minimum absolute atomic E-state index is 0.131. The third-order valence-electron chi connectivity index (χ3n) is 3.81. The Morgan fingerprint density at radius 2 is 1.79 bits per heavy atom. The maximum atomic E-state index is 10.9. The summed E-state index contributed by atoms with van der Waals surface area (Å²) in [5, 5.41) is 28.4. The molecule has 3 N–H and O–H groups in total. The molecule has 0 bridgehead atoms. The van der Waals surface area contributed by atoms with E-state index in [1.165, 1.54) is 12.1 Å². The maximum absolute atomic E-state index is 10.9. The van der Waals surface area contributed by atoms with Gasteiger partial charge in [0.05, 0.1) is 17.1 Å². The van der Waals surface area contributed by atoms with Gasteiger partial charge in [0.2, 0.25) is 0 Å². The molecule has 0 radical (unpaired) electrons. The minimum Gasteiger partial charge on any atom is -0.481 e. The molecule has 5 heteroatoms. The number of carboxylic acid groups (broad SMARTS) is 2. The summed E-state index contributed by atoms with van der Waals surface area (Å²) >= 11 is 0. The molecule has 0 amide bonds. The molecule has 1 aromatic rings. The lowest BCUT2D eigenvalue weighted by atomic mass is 9.75. The number of rotatable bonds is 3. The third kappa shape index (κ3) is 2.76. The first-order chi connectivity index (χ1) is 8.92.